The molecule has 0 saturated carbocycles. The van der Waals surface area contributed by atoms with Gasteiger partial charge in [-0.1, -0.05) is 0 Å². The minimum atomic E-state index is -2.93. The Morgan fingerprint density at radius 3 is 2.50 bits per heavy atom. The summed E-state index contributed by atoms with van der Waals surface area (Å²) < 4.78 is 23.9. The summed E-state index contributed by atoms with van der Waals surface area (Å²) >= 11 is 0. The molecule has 92 valence electrons. The van der Waals surface area contributed by atoms with Crippen LogP contribution in [0, 0.1) is 13.8 Å². The summed E-state index contributed by atoms with van der Waals surface area (Å²) in [6.07, 6.45) is 1.24. The molecule has 1 aromatic heterocycles. The normalized spacial score (nSPS) is 12.0. The smallest absolute Gasteiger partial charge is 0.149 e. The van der Waals surface area contributed by atoms with E-state index < -0.39 is 9.84 Å². The molecule has 16 heavy (non-hydrogen) atoms. The number of nitrogens with zero attached hydrogens (tertiary/aromatic N) is 2. The Morgan fingerprint density at radius 1 is 1.38 bits per heavy atom. The van der Waals surface area contributed by atoms with Gasteiger partial charge in [-0.05, 0) is 20.9 Å². The zero-order chi connectivity index (χ0) is 12.3. The van der Waals surface area contributed by atoms with Gasteiger partial charge in [-0.15, -0.1) is 0 Å². The highest BCUT2D eigenvalue weighted by atomic mass is 32.2. The van der Waals surface area contributed by atoms with Crippen molar-refractivity contribution in [2.45, 2.75) is 26.9 Å². The molecular weight excluding hydrogens is 226 g/mol. The van der Waals surface area contributed by atoms with Crippen molar-refractivity contribution in [2.75, 3.05) is 19.1 Å². The van der Waals surface area contributed by atoms with E-state index in [1.54, 1.807) is 4.68 Å². The molecule has 0 aromatic carbocycles. The van der Waals surface area contributed by atoms with Gasteiger partial charge in [0.1, 0.15) is 9.84 Å². The first-order valence-electron chi connectivity index (χ1n) is 5.20. The van der Waals surface area contributed by atoms with E-state index in [0.29, 0.717) is 6.54 Å². The summed E-state index contributed by atoms with van der Waals surface area (Å²) in [5, 5.41) is 7.42. The van der Waals surface area contributed by atoms with Gasteiger partial charge in [0.25, 0.3) is 0 Å². The highest BCUT2D eigenvalue weighted by molar-refractivity contribution is 7.90. The number of aryl methyl sites for hydroxylation is 2. The molecule has 1 aromatic rings. The number of aromatic nitrogens is 2. The lowest BCUT2D eigenvalue weighted by atomic mass is 10.2. The van der Waals surface area contributed by atoms with Crippen LogP contribution in [-0.4, -0.2) is 37.3 Å². The van der Waals surface area contributed by atoms with E-state index in [1.165, 1.54) is 6.26 Å². The maximum Gasteiger partial charge on any atom is 0.149 e. The topological polar surface area (TPSA) is 64.0 Å². The third-order valence-corrected chi connectivity index (χ3v) is 3.48. The summed E-state index contributed by atoms with van der Waals surface area (Å²) in [5.41, 5.74) is 3.15. The monoisotopic (exact) mass is 245 g/mol. The van der Waals surface area contributed by atoms with Crippen molar-refractivity contribution in [2.24, 2.45) is 0 Å². The first-order valence-corrected chi connectivity index (χ1v) is 7.26. The van der Waals surface area contributed by atoms with Gasteiger partial charge >= 0.3 is 0 Å². The predicted octanol–water partition coefficient (Wildman–Crippen LogP) is 0.264. The molecular formula is C10H19N3O2S. The third-order valence-electron chi connectivity index (χ3n) is 2.56. The molecule has 0 aliphatic heterocycles. The molecule has 0 spiro atoms. The number of rotatable bonds is 5. The van der Waals surface area contributed by atoms with Crippen LogP contribution in [-0.2, 0) is 22.9 Å². The minimum absolute atomic E-state index is 0.133. The van der Waals surface area contributed by atoms with E-state index >= 15 is 0 Å². The Morgan fingerprint density at radius 2 is 2.00 bits per heavy atom. The molecule has 0 aliphatic carbocycles. The average Bonchev–Trinajstić information content (AvgIpc) is 2.42. The van der Waals surface area contributed by atoms with Gasteiger partial charge in [0, 0.05) is 24.1 Å². The van der Waals surface area contributed by atoms with Gasteiger partial charge in [-0.2, -0.15) is 5.10 Å². The Hall–Kier alpha value is -0.880. The average molecular weight is 245 g/mol. The fourth-order valence-corrected chi connectivity index (χ4v) is 2.14. The first-order chi connectivity index (χ1) is 7.35. The maximum absolute atomic E-state index is 11.1. The van der Waals surface area contributed by atoms with Gasteiger partial charge in [-0.3, -0.25) is 4.68 Å². The molecule has 0 fully saturated rings. The van der Waals surface area contributed by atoms with E-state index in [9.17, 15) is 8.42 Å². The van der Waals surface area contributed by atoms with E-state index in [4.69, 9.17) is 0 Å². The molecule has 0 saturated heterocycles. The highest BCUT2D eigenvalue weighted by Crippen LogP contribution is 2.12. The molecule has 0 bridgehead atoms. The molecule has 0 aliphatic rings. The second-order valence-corrected chi connectivity index (χ2v) is 6.29. The van der Waals surface area contributed by atoms with Gasteiger partial charge < -0.3 is 5.32 Å². The van der Waals surface area contributed by atoms with Crippen molar-refractivity contribution >= 4 is 9.84 Å². The lowest BCUT2D eigenvalue weighted by Gasteiger charge is -2.04. The van der Waals surface area contributed by atoms with Crippen LogP contribution in [0.5, 0.6) is 0 Å². The Kier molecular flexibility index (Phi) is 4.09. The Balaban J connectivity index is 2.86. The molecule has 1 rings (SSSR count). The molecule has 1 heterocycles. The fraction of sp³-hybridized carbons (Fsp3) is 0.700. The van der Waals surface area contributed by atoms with Gasteiger partial charge in [0.15, 0.2) is 0 Å². The summed E-state index contributed by atoms with van der Waals surface area (Å²) in [5.74, 6) is 0.133. The lowest BCUT2D eigenvalue weighted by Crippen LogP contribution is -2.14. The van der Waals surface area contributed by atoms with Crippen LogP contribution in [0.25, 0.3) is 0 Å². The van der Waals surface area contributed by atoms with E-state index in [2.05, 4.69) is 10.4 Å². The third kappa shape index (κ3) is 3.31. The molecule has 5 nitrogen and oxygen atoms in total. The van der Waals surface area contributed by atoms with Crippen LogP contribution in [0.3, 0.4) is 0 Å². The second kappa shape index (κ2) is 4.97. The van der Waals surface area contributed by atoms with Crippen LogP contribution in [0.2, 0.25) is 0 Å². The second-order valence-electron chi connectivity index (χ2n) is 4.03. The fourth-order valence-electron chi connectivity index (χ4n) is 1.64. The number of hydrogen-bond donors (Lipinski definition) is 1. The Labute approximate surface area is 96.8 Å². The van der Waals surface area contributed by atoms with Crippen LogP contribution in [0.4, 0.5) is 0 Å². The van der Waals surface area contributed by atoms with Crippen LogP contribution in [0.1, 0.15) is 17.0 Å². The quantitative estimate of drug-likeness (QED) is 0.808. The highest BCUT2D eigenvalue weighted by Gasteiger charge is 2.11. The number of sulfone groups is 1. The Bertz CT molecular complexity index is 463. The van der Waals surface area contributed by atoms with E-state index in [1.807, 2.05) is 20.9 Å². The number of nitrogens with one attached hydrogen (secondary N) is 1. The molecule has 0 amide bonds. The molecule has 0 unspecified atom stereocenters. The van der Waals surface area contributed by atoms with Gasteiger partial charge in [-0.25, -0.2) is 8.42 Å². The van der Waals surface area contributed by atoms with Crippen molar-refractivity contribution in [3.8, 4) is 0 Å². The van der Waals surface area contributed by atoms with Crippen molar-refractivity contribution < 1.29 is 8.42 Å². The van der Waals surface area contributed by atoms with Gasteiger partial charge in [0.2, 0.25) is 0 Å². The maximum atomic E-state index is 11.1. The standard InChI is InChI=1S/C10H19N3O2S/c1-8-10(7-11-3)9(2)13(12-8)5-6-16(4,14)15/h11H,5-7H2,1-4H3. The zero-order valence-electron chi connectivity index (χ0n) is 10.2. The summed E-state index contributed by atoms with van der Waals surface area (Å²) in [6.45, 7) is 5.09. The lowest BCUT2D eigenvalue weighted by molar-refractivity contribution is 0.581. The first kappa shape index (κ1) is 13.2. The number of hydrogen-bond acceptors (Lipinski definition) is 4. The van der Waals surface area contributed by atoms with E-state index in [0.717, 1.165) is 23.5 Å². The largest absolute Gasteiger partial charge is 0.316 e. The van der Waals surface area contributed by atoms with Crippen LogP contribution < -0.4 is 5.32 Å². The minimum Gasteiger partial charge on any atom is -0.316 e. The van der Waals surface area contributed by atoms with Crippen molar-refractivity contribution in [1.82, 2.24) is 15.1 Å². The zero-order valence-corrected chi connectivity index (χ0v) is 11.1. The summed E-state index contributed by atoms with van der Waals surface area (Å²) in [7, 11) is -1.05. The van der Waals surface area contributed by atoms with Gasteiger partial charge in [0.05, 0.1) is 18.0 Å². The molecule has 6 heteroatoms. The summed E-state index contributed by atoms with van der Waals surface area (Å²) in [4.78, 5) is 0. The van der Waals surface area contributed by atoms with Crippen molar-refractivity contribution in [3.05, 3.63) is 17.0 Å². The SMILES string of the molecule is CNCc1c(C)nn(CCS(C)(=O)=O)c1C. The van der Waals surface area contributed by atoms with Crippen molar-refractivity contribution in [3.63, 3.8) is 0 Å². The molecule has 1 N–H and O–H groups in total. The van der Waals surface area contributed by atoms with Crippen LogP contribution >= 0.6 is 0 Å². The molecule has 0 atom stereocenters. The summed E-state index contributed by atoms with van der Waals surface area (Å²) in [6, 6.07) is 0. The predicted molar refractivity (Wildman–Crippen MR) is 64.2 cm³/mol. The molecule has 0 radical (unpaired) electrons. The van der Waals surface area contributed by atoms with E-state index in [-0.39, 0.29) is 5.75 Å². The van der Waals surface area contributed by atoms with Crippen LogP contribution in [0.15, 0.2) is 0 Å². The van der Waals surface area contributed by atoms with Crippen molar-refractivity contribution in [1.29, 1.82) is 0 Å².